The smallest absolute Gasteiger partial charge is 0.157 e. The van der Waals surface area contributed by atoms with E-state index in [2.05, 4.69) is 0 Å². The lowest BCUT2D eigenvalue weighted by molar-refractivity contribution is -0.218. The first-order chi connectivity index (χ1) is 6.26. The summed E-state index contributed by atoms with van der Waals surface area (Å²) in [4.78, 5) is 0. The monoisotopic (exact) mass is 190 g/mol. The van der Waals surface area contributed by atoms with Gasteiger partial charge >= 0.3 is 0 Å². The maximum atomic E-state index is 5.53. The van der Waals surface area contributed by atoms with Crippen LogP contribution in [0, 0.1) is 0 Å². The van der Waals surface area contributed by atoms with Crippen LogP contribution in [0.15, 0.2) is 0 Å². The zero-order chi connectivity index (χ0) is 9.68. The van der Waals surface area contributed by atoms with Crippen LogP contribution in [0.1, 0.15) is 19.8 Å². The van der Waals surface area contributed by atoms with E-state index in [0.717, 1.165) is 12.8 Å². The molecule has 4 nitrogen and oxygen atoms in total. The second-order valence-electron chi connectivity index (χ2n) is 3.14. The molecule has 78 valence electrons. The summed E-state index contributed by atoms with van der Waals surface area (Å²) in [5.74, 6) is 0. The van der Waals surface area contributed by atoms with Gasteiger partial charge in [-0.05, 0) is 13.3 Å². The Morgan fingerprint density at radius 2 is 2.08 bits per heavy atom. The minimum atomic E-state index is -0.160. The molecule has 0 aromatic heterocycles. The van der Waals surface area contributed by atoms with E-state index in [1.54, 1.807) is 14.2 Å². The Balaban J connectivity index is 2.17. The van der Waals surface area contributed by atoms with Gasteiger partial charge in [0.2, 0.25) is 0 Å². The van der Waals surface area contributed by atoms with Gasteiger partial charge in [-0.2, -0.15) is 0 Å². The molecule has 0 aromatic carbocycles. The molecule has 0 radical (unpaired) electrons. The van der Waals surface area contributed by atoms with Gasteiger partial charge in [0.1, 0.15) is 0 Å². The van der Waals surface area contributed by atoms with Gasteiger partial charge in [0, 0.05) is 20.6 Å². The molecule has 1 aliphatic heterocycles. The molecule has 0 aliphatic carbocycles. The summed E-state index contributed by atoms with van der Waals surface area (Å²) in [5, 5.41) is 0. The van der Waals surface area contributed by atoms with E-state index in [9.17, 15) is 0 Å². The van der Waals surface area contributed by atoms with Crippen molar-refractivity contribution < 1.29 is 18.9 Å². The fraction of sp³-hybridized carbons (Fsp3) is 1.00. The topological polar surface area (TPSA) is 36.9 Å². The standard InChI is InChI=1S/C9H18O4/c1-7(10-2)13-8-4-5-9(11-3)12-6-8/h7-9H,4-6H2,1-3H3. The average molecular weight is 190 g/mol. The highest BCUT2D eigenvalue weighted by molar-refractivity contribution is 4.65. The van der Waals surface area contributed by atoms with Crippen LogP contribution in [0.5, 0.6) is 0 Å². The second-order valence-corrected chi connectivity index (χ2v) is 3.14. The average Bonchev–Trinajstić information content (AvgIpc) is 2.19. The molecule has 0 aromatic rings. The first-order valence-electron chi connectivity index (χ1n) is 4.59. The molecule has 0 bridgehead atoms. The molecular weight excluding hydrogens is 172 g/mol. The Kier molecular flexibility index (Phi) is 4.66. The second kappa shape index (κ2) is 5.54. The molecule has 1 heterocycles. The quantitative estimate of drug-likeness (QED) is 0.623. The van der Waals surface area contributed by atoms with Crippen LogP contribution < -0.4 is 0 Å². The Bertz CT molecular complexity index is 132. The van der Waals surface area contributed by atoms with Crippen LogP contribution >= 0.6 is 0 Å². The molecule has 1 fully saturated rings. The van der Waals surface area contributed by atoms with Crippen LogP contribution in [-0.4, -0.2) is 39.5 Å². The maximum absolute atomic E-state index is 5.53. The Hall–Kier alpha value is -0.160. The molecule has 1 rings (SSSR count). The highest BCUT2D eigenvalue weighted by Crippen LogP contribution is 2.17. The summed E-state index contributed by atoms with van der Waals surface area (Å²) >= 11 is 0. The Labute approximate surface area is 79.1 Å². The summed E-state index contributed by atoms with van der Waals surface area (Å²) in [5.41, 5.74) is 0. The van der Waals surface area contributed by atoms with Crippen molar-refractivity contribution in [2.45, 2.75) is 38.4 Å². The summed E-state index contributed by atoms with van der Waals surface area (Å²) in [7, 11) is 3.29. The van der Waals surface area contributed by atoms with Crippen LogP contribution in [0.3, 0.4) is 0 Å². The molecule has 3 unspecified atom stereocenters. The van der Waals surface area contributed by atoms with Crippen molar-refractivity contribution in [1.82, 2.24) is 0 Å². The number of methoxy groups -OCH3 is 2. The van der Waals surface area contributed by atoms with Crippen molar-refractivity contribution in [3.63, 3.8) is 0 Å². The lowest BCUT2D eigenvalue weighted by atomic mass is 10.1. The fourth-order valence-electron chi connectivity index (χ4n) is 1.32. The van der Waals surface area contributed by atoms with Crippen LogP contribution in [0.2, 0.25) is 0 Å². The maximum Gasteiger partial charge on any atom is 0.157 e. The molecule has 0 saturated carbocycles. The lowest BCUT2D eigenvalue weighted by Crippen LogP contribution is -2.34. The van der Waals surface area contributed by atoms with Gasteiger partial charge in [-0.3, -0.25) is 0 Å². The summed E-state index contributed by atoms with van der Waals surface area (Å²) in [6.45, 7) is 2.47. The summed E-state index contributed by atoms with van der Waals surface area (Å²) in [6, 6.07) is 0. The zero-order valence-electron chi connectivity index (χ0n) is 8.49. The minimum Gasteiger partial charge on any atom is -0.356 e. The zero-order valence-corrected chi connectivity index (χ0v) is 8.49. The lowest BCUT2D eigenvalue weighted by Gasteiger charge is -2.29. The first kappa shape index (κ1) is 10.9. The van der Waals surface area contributed by atoms with Gasteiger partial charge in [0.05, 0.1) is 12.7 Å². The molecule has 1 saturated heterocycles. The van der Waals surface area contributed by atoms with E-state index >= 15 is 0 Å². The third-order valence-corrected chi connectivity index (χ3v) is 2.17. The Morgan fingerprint density at radius 1 is 1.31 bits per heavy atom. The molecule has 1 aliphatic rings. The Morgan fingerprint density at radius 3 is 2.54 bits per heavy atom. The van der Waals surface area contributed by atoms with Crippen LogP contribution in [-0.2, 0) is 18.9 Å². The molecule has 3 atom stereocenters. The van der Waals surface area contributed by atoms with Crippen molar-refractivity contribution in [1.29, 1.82) is 0 Å². The number of hydrogen-bond donors (Lipinski definition) is 0. The minimum absolute atomic E-state index is 0.0577. The highest BCUT2D eigenvalue weighted by Gasteiger charge is 2.23. The number of ether oxygens (including phenoxy) is 4. The van der Waals surface area contributed by atoms with Crippen molar-refractivity contribution in [2.75, 3.05) is 20.8 Å². The third-order valence-electron chi connectivity index (χ3n) is 2.17. The molecule has 0 spiro atoms. The van der Waals surface area contributed by atoms with E-state index in [1.807, 2.05) is 6.92 Å². The predicted octanol–water partition coefficient (Wildman–Crippen LogP) is 1.15. The van der Waals surface area contributed by atoms with Gasteiger partial charge < -0.3 is 18.9 Å². The van der Waals surface area contributed by atoms with E-state index in [-0.39, 0.29) is 18.7 Å². The van der Waals surface area contributed by atoms with Crippen molar-refractivity contribution in [2.24, 2.45) is 0 Å². The van der Waals surface area contributed by atoms with E-state index < -0.39 is 0 Å². The van der Waals surface area contributed by atoms with E-state index in [4.69, 9.17) is 18.9 Å². The van der Waals surface area contributed by atoms with E-state index in [1.165, 1.54) is 0 Å². The normalized spacial score (nSPS) is 31.6. The largest absolute Gasteiger partial charge is 0.356 e. The number of hydrogen-bond acceptors (Lipinski definition) is 4. The van der Waals surface area contributed by atoms with Crippen LogP contribution in [0.25, 0.3) is 0 Å². The van der Waals surface area contributed by atoms with Crippen molar-refractivity contribution in [3.8, 4) is 0 Å². The van der Waals surface area contributed by atoms with Crippen LogP contribution in [0.4, 0.5) is 0 Å². The fourth-order valence-corrected chi connectivity index (χ4v) is 1.32. The predicted molar refractivity (Wildman–Crippen MR) is 47.3 cm³/mol. The van der Waals surface area contributed by atoms with E-state index in [0.29, 0.717) is 6.61 Å². The first-order valence-corrected chi connectivity index (χ1v) is 4.59. The van der Waals surface area contributed by atoms with Gasteiger partial charge in [0.25, 0.3) is 0 Å². The molecule has 0 amide bonds. The SMILES string of the molecule is COC(C)OC1CCC(OC)OC1. The van der Waals surface area contributed by atoms with Gasteiger partial charge in [-0.25, -0.2) is 0 Å². The van der Waals surface area contributed by atoms with Gasteiger partial charge in [-0.15, -0.1) is 0 Å². The van der Waals surface area contributed by atoms with Crippen molar-refractivity contribution >= 4 is 0 Å². The van der Waals surface area contributed by atoms with Gasteiger partial charge in [-0.1, -0.05) is 0 Å². The summed E-state index contributed by atoms with van der Waals surface area (Å²) in [6.07, 6.45) is 1.77. The number of rotatable bonds is 4. The molecule has 13 heavy (non-hydrogen) atoms. The molecule has 4 heteroatoms. The van der Waals surface area contributed by atoms with Gasteiger partial charge in [0.15, 0.2) is 12.6 Å². The molecule has 0 N–H and O–H groups in total. The third kappa shape index (κ3) is 3.60. The molecular formula is C9H18O4. The summed E-state index contributed by atoms with van der Waals surface area (Å²) < 4.78 is 21.0. The van der Waals surface area contributed by atoms with Crippen molar-refractivity contribution in [3.05, 3.63) is 0 Å². The highest BCUT2D eigenvalue weighted by atomic mass is 16.7.